The summed E-state index contributed by atoms with van der Waals surface area (Å²) in [6.45, 7) is 1.49. The Morgan fingerprint density at radius 3 is 2.94 bits per heavy atom. The van der Waals surface area contributed by atoms with Crippen molar-refractivity contribution in [3.8, 4) is 0 Å². The van der Waals surface area contributed by atoms with Crippen LogP contribution in [-0.2, 0) is 13.0 Å². The molecule has 0 saturated carbocycles. The van der Waals surface area contributed by atoms with Gasteiger partial charge in [-0.1, -0.05) is 22.0 Å². The molecule has 1 N–H and O–H groups in total. The average Bonchev–Trinajstić information content (AvgIpc) is 2.40. The molecule has 0 aliphatic rings. The molecule has 1 heterocycles. The van der Waals surface area contributed by atoms with Crippen molar-refractivity contribution in [3.63, 3.8) is 0 Å². The molecule has 0 radical (unpaired) electrons. The van der Waals surface area contributed by atoms with Crippen molar-refractivity contribution in [3.05, 3.63) is 64.1 Å². The maximum absolute atomic E-state index is 13.1. The normalized spacial score (nSPS) is 10.6. The highest BCUT2D eigenvalue weighted by Crippen LogP contribution is 2.17. The number of pyridine rings is 1. The van der Waals surface area contributed by atoms with Crippen LogP contribution in [0.4, 0.5) is 4.39 Å². The highest BCUT2D eigenvalue weighted by Gasteiger charge is 2.01. The van der Waals surface area contributed by atoms with Gasteiger partial charge in [0.2, 0.25) is 0 Å². The molecule has 0 fully saturated rings. The monoisotopic (exact) mass is 308 g/mol. The van der Waals surface area contributed by atoms with Crippen LogP contribution in [0.15, 0.2) is 47.2 Å². The van der Waals surface area contributed by atoms with Crippen molar-refractivity contribution in [1.29, 1.82) is 0 Å². The topological polar surface area (TPSA) is 24.9 Å². The number of nitrogens with zero attached hydrogens (tertiary/aromatic N) is 1. The Bertz CT molecular complexity index is 502. The first kappa shape index (κ1) is 13.2. The van der Waals surface area contributed by atoms with E-state index in [-0.39, 0.29) is 5.82 Å². The second-order valence-electron chi connectivity index (χ2n) is 4.02. The van der Waals surface area contributed by atoms with Crippen LogP contribution in [0.3, 0.4) is 0 Å². The van der Waals surface area contributed by atoms with Crippen molar-refractivity contribution in [2.75, 3.05) is 6.54 Å². The summed E-state index contributed by atoms with van der Waals surface area (Å²) in [5, 5.41) is 3.29. The molecule has 0 aliphatic heterocycles. The zero-order valence-electron chi connectivity index (χ0n) is 9.87. The molecule has 0 spiro atoms. The molecular formula is C14H14BrFN2. The molecule has 2 rings (SSSR count). The van der Waals surface area contributed by atoms with Gasteiger partial charge in [-0.05, 0) is 48.4 Å². The molecule has 0 saturated heterocycles. The molecule has 0 unspecified atom stereocenters. The molecule has 0 aliphatic carbocycles. The fraction of sp³-hybridized carbons (Fsp3) is 0.214. The second kappa shape index (κ2) is 6.61. The van der Waals surface area contributed by atoms with Gasteiger partial charge < -0.3 is 5.32 Å². The minimum absolute atomic E-state index is 0.206. The largest absolute Gasteiger partial charge is 0.312 e. The van der Waals surface area contributed by atoms with E-state index in [1.165, 1.54) is 11.6 Å². The van der Waals surface area contributed by atoms with Crippen LogP contribution in [0.1, 0.15) is 11.1 Å². The number of halogens is 2. The van der Waals surface area contributed by atoms with Gasteiger partial charge in [0.15, 0.2) is 0 Å². The lowest BCUT2D eigenvalue weighted by atomic mass is 10.2. The fourth-order valence-electron chi connectivity index (χ4n) is 1.68. The van der Waals surface area contributed by atoms with Crippen molar-refractivity contribution in [2.45, 2.75) is 13.0 Å². The lowest BCUT2D eigenvalue weighted by Crippen LogP contribution is -2.17. The summed E-state index contributed by atoms with van der Waals surface area (Å²) in [7, 11) is 0. The minimum atomic E-state index is -0.206. The first-order valence-electron chi connectivity index (χ1n) is 5.79. The first-order chi connectivity index (χ1) is 8.75. The second-order valence-corrected chi connectivity index (χ2v) is 4.88. The van der Waals surface area contributed by atoms with E-state index in [1.807, 2.05) is 18.3 Å². The Labute approximate surface area is 114 Å². The van der Waals surface area contributed by atoms with Crippen LogP contribution in [0.2, 0.25) is 0 Å². The van der Waals surface area contributed by atoms with E-state index >= 15 is 0 Å². The molecule has 0 bridgehead atoms. The third-order valence-electron chi connectivity index (χ3n) is 2.64. The summed E-state index contributed by atoms with van der Waals surface area (Å²) in [5.41, 5.74) is 2.13. The Morgan fingerprint density at radius 1 is 1.28 bits per heavy atom. The van der Waals surface area contributed by atoms with E-state index < -0.39 is 0 Å². The van der Waals surface area contributed by atoms with Crippen LogP contribution >= 0.6 is 15.9 Å². The van der Waals surface area contributed by atoms with Gasteiger partial charge in [0, 0.05) is 23.4 Å². The Balaban J connectivity index is 1.80. The quantitative estimate of drug-likeness (QED) is 0.857. The maximum atomic E-state index is 13.1. The standard InChI is InChI=1S/C14H14BrFN2/c15-14-4-3-13(16)8-12(14)10-18-7-5-11-2-1-6-17-9-11/h1-4,6,8-9,18H,5,7,10H2. The molecule has 94 valence electrons. The number of benzene rings is 1. The SMILES string of the molecule is Fc1ccc(Br)c(CNCCc2cccnc2)c1. The molecule has 4 heteroatoms. The highest BCUT2D eigenvalue weighted by molar-refractivity contribution is 9.10. The van der Waals surface area contributed by atoms with Crippen molar-refractivity contribution in [1.82, 2.24) is 10.3 Å². The number of aromatic nitrogens is 1. The molecule has 0 amide bonds. The van der Waals surface area contributed by atoms with Crippen molar-refractivity contribution >= 4 is 15.9 Å². The van der Waals surface area contributed by atoms with Gasteiger partial charge in [-0.3, -0.25) is 4.98 Å². The van der Waals surface area contributed by atoms with Gasteiger partial charge >= 0.3 is 0 Å². The Hall–Kier alpha value is -1.26. The fourth-order valence-corrected chi connectivity index (χ4v) is 2.07. The van der Waals surface area contributed by atoms with E-state index in [0.29, 0.717) is 6.54 Å². The summed E-state index contributed by atoms with van der Waals surface area (Å²) >= 11 is 3.41. The van der Waals surface area contributed by atoms with E-state index in [1.54, 1.807) is 18.3 Å². The van der Waals surface area contributed by atoms with Crippen LogP contribution in [0.25, 0.3) is 0 Å². The third kappa shape index (κ3) is 3.89. The smallest absolute Gasteiger partial charge is 0.123 e. The van der Waals surface area contributed by atoms with Gasteiger partial charge in [0.1, 0.15) is 5.82 Å². The zero-order valence-corrected chi connectivity index (χ0v) is 11.5. The average molecular weight is 309 g/mol. The number of rotatable bonds is 5. The number of hydrogen-bond donors (Lipinski definition) is 1. The van der Waals surface area contributed by atoms with E-state index in [0.717, 1.165) is 23.0 Å². The van der Waals surface area contributed by atoms with E-state index in [2.05, 4.69) is 26.2 Å². The zero-order chi connectivity index (χ0) is 12.8. The lowest BCUT2D eigenvalue weighted by molar-refractivity contribution is 0.619. The molecule has 1 aromatic carbocycles. The number of nitrogens with one attached hydrogen (secondary N) is 1. The van der Waals surface area contributed by atoms with Crippen LogP contribution in [0.5, 0.6) is 0 Å². The summed E-state index contributed by atoms with van der Waals surface area (Å²) in [6.07, 6.45) is 4.54. The van der Waals surface area contributed by atoms with Crippen molar-refractivity contribution < 1.29 is 4.39 Å². The molecule has 2 nitrogen and oxygen atoms in total. The van der Waals surface area contributed by atoms with Gasteiger partial charge in [-0.15, -0.1) is 0 Å². The van der Waals surface area contributed by atoms with E-state index in [9.17, 15) is 4.39 Å². The summed E-state index contributed by atoms with van der Waals surface area (Å²) < 4.78 is 14.0. The molecule has 2 aromatic rings. The highest BCUT2D eigenvalue weighted by atomic mass is 79.9. The van der Waals surface area contributed by atoms with Gasteiger partial charge in [0.05, 0.1) is 0 Å². The molecule has 1 aromatic heterocycles. The van der Waals surface area contributed by atoms with Crippen molar-refractivity contribution in [2.24, 2.45) is 0 Å². The van der Waals surface area contributed by atoms with Gasteiger partial charge in [-0.2, -0.15) is 0 Å². The van der Waals surface area contributed by atoms with E-state index in [4.69, 9.17) is 0 Å². The van der Waals surface area contributed by atoms with Gasteiger partial charge in [-0.25, -0.2) is 4.39 Å². The predicted molar refractivity (Wildman–Crippen MR) is 73.7 cm³/mol. The predicted octanol–water partition coefficient (Wildman–Crippen LogP) is 3.32. The third-order valence-corrected chi connectivity index (χ3v) is 3.41. The molecule has 0 atom stereocenters. The Morgan fingerprint density at radius 2 is 2.17 bits per heavy atom. The lowest BCUT2D eigenvalue weighted by Gasteiger charge is -2.07. The van der Waals surface area contributed by atoms with Crippen LogP contribution in [0, 0.1) is 5.82 Å². The van der Waals surface area contributed by atoms with Crippen LogP contribution in [-0.4, -0.2) is 11.5 Å². The first-order valence-corrected chi connectivity index (χ1v) is 6.58. The Kier molecular flexibility index (Phi) is 4.84. The summed E-state index contributed by atoms with van der Waals surface area (Å²) in [6, 6.07) is 8.70. The number of hydrogen-bond acceptors (Lipinski definition) is 2. The summed E-state index contributed by atoms with van der Waals surface area (Å²) in [4.78, 5) is 4.06. The molecule has 18 heavy (non-hydrogen) atoms. The molecular weight excluding hydrogens is 295 g/mol. The minimum Gasteiger partial charge on any atom is -0.312 e. The maximum Gasteiger partial charge on any atom is 0.123 e. The summed E-state index contributed by atoms with van der Waals surface area (Å²) in [5.74, 6) is -0.206. The van der Waals surface area contributed by atoms with Crippen LogP contribution < -0.4 is 5.32 Å². The van der Waals surface area contributed by atoms with Gasteiger partial charge in [0.25, 0.3) is 0 Å².